The number of ether oxygens (including phenoxy) is 1. The van der Waals surface area contributed by atoms with Crippen LogP contribution in [0.4, 0.5) is 0 Å². The first kappa shape index (κ1) is 20.3. The van der Waals surface area contributed by atoms with E-state index in [9.17, 15) is 20.1 Å². The van der Waals surface area contributed by atoms with E-state index in [2.05, 4.69) is 46.1 Å². The number of aromatic hydroxyl groups is 1. The molecule has 2 aromatic heterocycles. The van der Waals surface area contributed by atoms with Gasteiger partial charge in [0.15, 0.2) is 12.1 Å². The minimum atomic E-state index is -2.09. The van der Waals surface area contributed by atoms with Crippen molar-refractivity contribution in [1.29, 1.82) is 0 Å². The van der Waals surface area contributed by atoms with E-state index in [0.717, 1.165) is 57.4 Å². The molecule has 3 aromatic rings. The van der Waals surface area contributed by atoms with Crippen LogP contribution in [0.3, 0.4) is 0 Å². The first-order valence-corrected chi connectivity index (χ1v) is 12.3. The summed E-state index contributed by atoms with van der Waals surface area (Å²) >= 11 is 0. The summed E-state index contributed by atoms with van der Waals surface area (Å²) in [4.78, 5) is 17.4. The van der Waals surface area contributed by atoms with Crippen molar-refractivity contribution in [3.63, 3.8) is 0 Å². The quantitative estimate of drug-likeness (QED) is 0.422. The molecule has 0 radical (unpaired) electrons. The van der Waals surface area contributed by atoms with E-state index in [-0.39, 0.29) is 24.3 Å². The van der Waals surface area contributed by atoms with Crippen LogP contribution in [0.15, 0.2) is 59.3 Å². The minimum Gasteiger partial charge on any atom is -0.494 e. The second kappa shape index (κ2) is 6.44. The van der Waals surface area contributed by atoms with E-state index in [0.29, 0.717) is 0 Å². The highest BCUT2D eigenvalue weighted by Crippen LogP contribution is 2.65. The van der Waals surface area contributed by atoms with Crippen LogP contribution in [-0.2, 0) is 16.0 Å². The third-order valence-electron chi connectivity index (χ3n) is 8.53. The highest BCUT2D eigenvalue weighted by Gasteiger charge is 2.64. The van der Waals surface area contributed by atoms with Crippen LogP contribution >= 0.6 is 0 Å². The molecule has 5 heterocycles. The Morgan fingerprint density at radius 3 is 2.92 bits per heavy atom. The van der Waals surface area contributed by atoms with Crippen molar-refractivity contribution in [2.45, 2.75) is 56.2 Å². The first-order chi connectivity index (χ1) is 17.4. The highest BCUT2D eigenvalue weighted by molar-refractivity contribution is 6.02. The summed E-state index contributed by atoms with van der Waals surface area (Å²) < 4.78 is 8.51. The van der Waals surface area contributed by atoms with Crippen LogP contribution in [0, 0.1) is 0 Å². The summed E-state index contributed by atoms with van der Waals surface area (Å²) in [7, 11) is 0. The summed E-state index contributed by atoms with van der Waals surface area (Å²) in [6.07, 6.45) is 5.60. The van der Waals surface area contributed by atoms with Crippen molar-refractivity contribution in [3.8, 4) is 17.0 Å². The summed E-state index contributed by atoms with van der Waals surface area (Å²) in [5.74, 6) is -1.39. The lowest BCUT2D eigenvalue weighted by Crippen LogP contribution is -2.55. The lowest BCUT2D eigenvalue weighted by Gasteiger charge is -2.41. The van der Waals surface area contributed by atoms with Crippen LogP contribution < -0.4 is 0 Å². The van der Waals surface area contributed by atoms with Gasteiger partial charge in [0.25, 0.3) is 0 Å². The zero-order chi connectivity index (χ0) is 24.5. The molecule has 1 saturated heterocycles. The van der Waals surface area contributed by atoms with E-state index in [1.807, 2.05) is 17.2 Å². The van der Waals surface area contributed by atoms with Gasteiger partial charge < -0.3 is 34.5 Å². The van der Waals surface area contributed by atoms with Crippen molar-refractivity contribution < 1.29 is 24.9 Å². The van der Waals surface area contributed by atoms with Crippen LogP contribution in [0.2, 0.25) is 0 Å². The predicted molar refractivity (Wildman–Crippen MR) is 129 cm³/mol. The fourth-order valence-electron chi connectivity index (χ4n) is 7.18. The molecule has 0 saturated carbocycles. The molecule has 1 fully saturated rings. The Bertz CT molecular complexity index is 1680. The Balaban J connectivity index is 1.52. The van der Waals surface area contributed by atoms with Gasteiger partial charge in [-0.3, -0.25) is 0 Å². The zero-order valence-electron chi connectivity index (χ0n) is 19.4. The predicted octanol–water partition coefficient (Wildman–Crippen LogP) is 3.96. The molecule has 2 bridgehead atoms. The zero-order valence-corrected chi connectivity index (χ0v) is 19.4. The first-order valence-electron chi connectivity index (χ1n) is 12.3. The molecule has 8 heteroatoms. The molecule has 0 amide bonds. The molecule has 5 unspecified atom stereocenters. The smallest absolute Gasteiger partial charge is 0.340 e. The minimum absolute atomic E-state index is 0.0855. The maximum atomic E-state index is 12.5. The fraction of sp³-hybridized carbons (Fsp3) is 0.321. The molecule has 36 heavy (non-hydrogen) atoms. The Morgan fingerprint density at radius 2 is 2.11 bits per heavy atom. The number of nitrogens with zero attached hydrogens (tertiary/aromatic N) is 2. The van der Waals surface area contributed by atoms with Gasteiger partial charge in [-0.1, -0.05) is 30.9 Å². The number of aliphatic carboxylic acids is 1. The number of rotatable bonds is 3. The number of H-pyrrole nitrogens is 1. The van der Waals surface area contributed by atoms with Crippen molar-refractivity contribution in [2.24, 2.45) is 0 Å². The van der Waals surface area contributed by atoms with E-state index in [1.54, 1.807) is 6.08 Å². The van der Waals surface area contributed by atoms with Gasteiger partial charge in [-0.25, -0.2) is 4.79 Å². The molecule has 4 N–H and O–H groups in total. The Labute approximate surface area is 205 Å². The molecule has 0 spiro atoms. The monoisotopic (exact) mass is 481 g/mol. The average molecular weight is 482 g/mol. The molecule has 180 valence electrons. The van der Waals surface area contributed by atoms with Gasteiger partial charge in [0.05, 0.1) is 22.9 Å². The highest BCUT2D eigenvalue weighted by atomic mass is 16.6. The number of benzene rings is 1. The number of carbonyl (C=O) groups is 1. The Kier molecular flexibility index (Phi) is 3.63. The largest absolute Gasteiger partial charge is 0.494 e. The van der Waals surface area contributed by atoms with Gasteiger partial charge in [0, 0.05) is 41.1 Å². The van der Waals surface area contributed by atoms with Crippen LogP contribution in [0.1, 0.15) is 54.8 Å². The summed E-state index contributed by atoms with van der Waals surface area (Å²) in [5.41, 5.74) is 11.4. The standard InChI is InChI=1S/C28H23N3O5/c1-2-5-13-8-9-18-15(10-13)21-22-16(12-29-25(22)32)20-14-6-3-4-7-17(14)31-23(20)24(21)30(18)19-11-28(35,27(33)34)26(31)36-19/h6-10,12,19-20,23,26,29,32,35H,2,5,11H2,1H3,(H,33,34). The Morgan fingerprint density at radius 1 is 1.28 bits per heavy atom. The summed E-state index contributed by atoms with van der Waals surface area (Å²) in [6.45, 7) is 2.14. The molecule has 5 aliphatic rings. The van der Waals surface area contributed by atoms with Crippen molar-refractivity contribution in [3.05, 3.63) is 76.1 Å². The van der Waals surface area contributed by atoms with Gasteiger partial charge >= 0.3 is 5.97 Å². The van der Waals surface area contributed by atoms with Gasteiger partial charge in [0.1, 0.15) is 6.23 Å². The molecule has 8 nitrogen and oxygen atoms in total. The van der Waals surface area contributed by atoms with Gasteiger partial charge in [-0.15, -0.1) is 0 Å². The van der Waals surface area contributed by atoms with Crippen molar-refractivity contribution >= 4 is 16.9 Å². The number of hydrogen-bond donors (Lipinski definition) is 4. The molecule has 3 aliphatic heterocycles. The van der Waals surface area contributed by atoms with Crippen molar-refractivity contribution in [1.82, 2.24) is 14.5 Å². The number of aromatic amines is 1. The number of carboxylic acids is 1. The summed E-state index contributed by atoms with van der Waals surface area (Å²) in [6, 6.07) is 6.01. The van der Waals surface area contributed by atoms with E-state index in [1.165, 1.54) is 5.56 Å². The topological polar surface area (TPSA) is 111 Å². The molecule has 2 aliphatic carbocycles. The third-order valence-corrected chi connectivity index (χ3v) is 8.53. The van der Waals surface area contributed by atoms with Gasteiger partial charge in [0.2, 0.25) is 5.60 Å². The number of fused-ring (bicyclic) bond motifs is 12. The molecule has 8 rings (SSSR count). The number of nitrogens with one attached hydrogen (secondary N) is 1. The number of carboxylic acid groups (broad SMARTS) is 1. The maximum Gasteiger partial charge on any atom is 0.340 e. The van der Waals surface area contributed by atoms with E-state index < -0.39 is 24.0 Å². The normalized spacial score (nSPS) is 30.1. The second-order valence-corrected chi connectivity index (χ2v) is 10.3. The van der Waals surface area contributed by atoms with Gasteiger partial charge in [-0.05, 0) is 41.3 Å². The SMILES string of the molecule is CCCc1ccc2c(c1)c1c3n2C2CC(O)(C(=O)O)C(O2)N2C4=C(C=C=C=C4)C(c4c[nH]c(O)c4-1)C32. The molecular formula is C28H23N3O5. The second-order valence-electron chi connectivity index (χ2n) is 10.3. The lowest BCUT2D eigenvalue weighted by molar-refractivity contribution is -0.178. The average Bonchev–Trinajstić information content (AvgIpc) is 3.56. The van der Waals surface area contributed by atoms with Crippen LogP contribution in [-0.4, -0.2) is 47.6 Å². The van der Waals surface area contributed by atoms with Crippen LogP contribution in [0.5, 0.6) is 5.88 Å². The van der Waals surface area contributed by atoms with Gasteiger partial charge in [-0.2, -0.15) is 0 Å². The number of aliphatic hydroxyl groups is 1. The third kappa shape index (κ3) is 2.14. The summed E-state index contributed by atoms with van der Waals surface area (Å²) in [5, 5.41) is 33.7. The number of hydrogen-bond acceptors (Lipinski definition) is 5. The molecular weight excluding hydrogens is 458 g/mol. The molecule has 1 aromatic carbocycles. The molecule has 5 atom stereocenters. The van der Waals surface area contributed by atoms with Crippen LogP contribution in [0.25, 0.3) is 22.0 Å². The van der Waals surface area contributed by atoms with E-state index >= 15 is 0 Å². The number of aromatic nitrogens is 2. The lowest BCUT2D eigenvalue weighted by atomic mass is 9.76. The van der Waals surface area contributed by atoms with E-state index in [4.69, 9.17) is 4.74 Å². The number of aryl methyl sites for hydroxylation is 1. The number of allylic oxidation sites excluding steroid dienone is 2. The maximum absolute atomic E-state index is 12.5. The fourth-order valence-corrected chi connectivity index (χ4v) is 7.18. The Hall–Kier alpha value is -3.93. The van der Waals surface area contributed by atoms with Crippen molar-refractivity contribution in [2.75, 3.05) is 0 Å².